The van der Waals surface area contributed by atoms with Crippen LogP contribution in [0.5, 0.6) is 5.88 Å². The van der Waals surface area contributed by atoms with Crippen molar-refractivity contribution in [2.75, 3.05) is 7.11 Å². The third kappa shape index (κ3) is 2.35. The average molecular weight is 272 g/mol. The molecule has 0 atom stereocenters. The summed E-state index contributed by atoms with van der Waals surface area (Å²) in [6, 6.07) is 9.26. The summed E-state index contributed by atoms with van der Waals surface area (Å²) in [5.41, 5.74) is 3.48. The van der Waals surface area contributed by atoms with Crippen molar-refractivity contribution in [3.8, 4) is 17.0 Å². The molecule has 3 rings (SSSR count). The molecule has 0 saturated carbocycles. The van der Waals surface area contributed by atoms with Gasteiger partial charge in [-0.1, -0.05) is 11.6 Å². The first-order chi connectivity index (χ1) is 9.26. The molecule has 19 heavy (non-hydrogen) atoms. The fourth-order valence-electron chi connectivity index (χ4n) is 1.81. The van der Waals surface area contributed by atoms with E-state index in [1.54, 1.807) is 25.6 Å². The Morgan fingerprint density at radius 3 is 2.53 bits per heavy atom. The third-order valence-corrected chi connectivity index (χ3v) is 2.99. The molecule has 4 nitrogen and oxygen atoms in total. The first-order valence-electron chi connectivity index (χ1n) is 5.69. The Kier molecular flexibility index (Phi) is 3.01. The van der Waals surface area contributed by atoms with Crippen molar-refractivity contribution in [3.05, 3.63) is 47.9 Å². The molecule has 3 aromatic rings. The number of fused-ring (bicyclic) bond motifs is 1. The minimum atomic E-state index is 0.458. The van der Waals surface area contributed by atoms with Crippen LogP contribution >= 0.6 is 11.6 Å². The second-order valence-electron chi connectivity index (χ2n) is 3.99. The molecule has 0 N–H and O–H groups in total. The third-order valence-electron chi connectivity index (χ3n) is 2.78. The van der Waals surface area contributed by atoms with Gasteiger partial charge in [-0.3, -0.25) is 4.98 Å². The van der Waals surface area contributed by atoms with Gasteiger partial charge in [0, 0.05) is 29.6 Å². The quantitative estimate of drug-likeness (QED) is 0.671. The maximum absolute atomic E-state index is 5.89. The van der Waals surface area contributed by atoms with E-state index in [2.05, 4.69) is 15.0 Å². The largest absolute Gasteiger partial charge is 0.481 e. The Labute approximate surface area is 115 Å². The van der Waals surface area contributed by atoms with Gasteiger partial charge in [0.15, 0.2) is 0 Å². The van der Waals surface area contributed by atoms with Crippen molar-refractivity contribution in [2.24, 2.45) is 0 Å². The molecule has 0 spiro atoms. The van der Waals surface area contributed by atoms with E-state index in [1.807, 2.05) is 24.3 Å². The Balaban J connectivity index is 2.08. The number of nitrogens with zero attached hydrogens (tertiary/aromatic N) is 3. The van der Waals surface area contributed by atoms with E-state index >= 15 is 0 Å². The monoisotopic (exact) mass is 271 g/mol. The predicted molar refractivity (Wildman–Crippen MR) is 74.3 cm³/mol. The van der Waals surface area contributed by atoms with Crippen molar-refractivity contribution in [3.63, 3.8) is 0 Å². The van der Waals surface area contributed by atoms with E-state index < -0.39 is 0 Å². The Hall–Kier alpha value is -2.20. The van der Waals surface area contributed by atoms with Crippen LogP contribution < -0.4 is 4.74 Å². The smallest absolute Gasteiger partial charge is 0.212 e. The lowest BCUT2D eigenvalue weighted by Gasteiger charge is -2.04. The molecule has 5 heteroatoms. The number of halogens is 1. The van der Waals surface area contributed by atoms with Crippen LogP contribution in [-0.2, 0) is 0 Å². The van der Waals surface area contributed by atoms with E-state index in [1.165, 1.54) is 0 Å². The second-order valence-corrected chi connectivity index (χ2v) is 4.37. The highest BCUT2D eigenvalue weighted by atomic mass is 35.5. The molecule has 0 radical (unpaired) electrons. The zero-order valence-electron chi connectivity index (χ0n) is 10.2. The van der Waals surface area contributed by atoms with Crippen LogP contribution in [0.25, 0.3) is 22.2 Å². The molecule has 0 aliphatic rings. The van der Waals surface area contributed by atoms with Crippen molar-refractivity contribution < 1.29 is 4.74 Å². The van der Waals surface area contributed by atoms with Gasteiger partial charge in [-0.25, -0.2) is 9.97 Å². The summed E-state index contributed by atoms with van der Waals surface area (Å²) < 4.78 is 5.03. The summed E-state index contributed by atoms with van der Waals surface area (Å²) in [5.74, 6) is 0.582. The number of pyridine rings is 3. The maximum Gasteiger partial charge on any atom is 0.212 e. The Morgan fingerprint density at radius 2 is 1.79 bits per heavy atom. The lowest BCUT2D eigenvalue weighted by Crippen LogP contribution is -1.89. The van der Waals surface area contributed by atoms with Gasteiger partial charge in [0.05, 0.1) is 18.1 Å². The van der Waals surface area contributed by atoms with Crippen molar-refractivity contribution >= 4 is 22.6 Å². The fraction of sp³-hybridized carbons (Fsp3) is 0.0714. The first kappa shape index (κ1) is 11.9. The Bertz CT molecular complexity index is 728. The number of hydrogen-bond donors (Lipinski definition) is 0. The molecule has 0 aliphatic heterocycles. The number of hydrogen-bond acceptors (Lipinski definition) is 4. The maximum atomic E-state index is 5.89. The van der Waals surface area contributed by atoms with E-state index in [4.69, 9.17) is 16.3 Å². The lowest BCUT2D eigenvalue weighted by atomic mass is 10.1. The molecule has 0 bridgehead atoms. The van der Waals surface area contributed by atoms with E-state index in [-0.39, 0.29) is 0 Å². The van der Waals surface area contributed by atoms with Crippen LogP contribution in [-0.4, -0.2) is 22.1 Å². The minimum Gasteiger partial charge on any atom is -0.481 e. The second kappa shape index (κ2) is 4.82. The molecule has 3 heterocycles. The number of aromatic nitrogens is 3. The van der Waals surface area contributed by atoms with Gasteiger partial charge >= 0.3 is 0 Å². The van der Waals surface area contributed by atoms with Crippen molar-refractivity contribution in [1.82, 2.24) is 15.0 Å². The predicted octanol–water partition coefficient (Wildman–Crippen LogP) is 3.35. The highest BCUT2D eigenvalue weighted by Crippen LogP contribution is 2.23. The summed E-state index contributed by atoms with van der Waals surface area (Å²) in [4.78, 5) is 12.8. The summed E-state index contributed by atoms with van der Waals surface area (Å²) in [6.07, 6.45) is 3.54. The number of rotatable bonds is 2. The molecule has 0 amide bonds. The molecule has 0 fully saturated rings. The van der Waals surface area contributed by atoms with Crippen molar-refractivity contribution in [2.45, 2.75) is 0 Å². The molecule has 0 saturated heterocycles. The fourth-order valence-corrected chi connectivity index (χ4v) is 1.97. The zero-order chi connectivity index (χ0) is 13.2. The summed E-state index contributed by atoms with van der Waals surface area (Å²) in [6.45, 7) is 0. The van der Waals surface area contributed by atoms with Gasteiger partial charge in [0.25, 0.3) is 0 Å². The zero-order valence-corrected chi connectivity index (χ0v) is 10.9. The van der Waals surface area contributed by atoms with Gasteiger partial charge in [-0.2, -0.15) is 0 Å². The van der Waals surface area contributed by atoms with Gasteiger partial charge in [0.1, 0.15) is 5.15 Å². The summed E-state index contributed by atoms with van der Waals surface area (Å²) in [7, 11) is 1.59. The normalized spacial score (nSPS) is 10.6. The molecule has 0 aromatic carbocycles. The van der Waals surface area contributed by atoms with Gasteiger partial charge in [-0.05, 0) is 24.3 Å². The molecule has 3 aromatic heterocycles. The van der Waals surface area contributed by atoms with Crippen LogP contribution in [0.4, 0.5) is 0 Å². The molecule has 0 unspecified atom stereocenters. The van der Waals surface area contributed by atoms with Gasteiger partial charge in [-0.15, -0.1) is 0 Å². The van der Waals surface area contributed by atoms with Gasteiger partial charge in [0.2, 0.25) is 5.88 Å². The number of ether oxygens (including phenoxy) is 1. The summed E-state index contributed by atoms with van der Waals surface area (Å²) >= 11 is 5.89. The molecule has 94 valence electrons. The SMILES string of the molecule is COc1ccc(-c2cnc3ccc(Cl)nc3c2)cn1. The van der Waals surface area contributed by atoms with E-state index in [0.29, 0.717) is 11.0 Å². The highest BCUT2D eigenvalue weighted by molar-refractivity contribution is 6.29. The van der Waals surface area contributed by atoms with Crippen LogP contribution in [0, 0.1) is 0 Å². The van der Waals surface area contributed by atoms with Crippen LogP contribution in [0.2, 0.25) is 5.15 Å². The highest BCUT2D eigenvalue weighted by Gasteiger charge is 2.03. The Morgan fingerprint density at radius 1 is 0.947 bits per heavy atom. The van der Waals surface area contributed by atoms with Crippen molar-refractivity contribution in [1.29, 1.82) is 0 Å². The van der Waals surface area contributed by atoms with Crippen LogP contribution in [0.15, 0.2) is 42.7 Å². The molecular formula is C14H10ClN3O. The first-order valence-corrected chi connectivity index (χ1v) is 6.07. The lowest BCUT2D eigenvalue weighted by molar-refractivity contribution is 0.398. The number of methoxy groups -OCH3 is 1. The van der Waals surface area contributed by atoms with Crippen LogP contribution in [0.1, 0.15) is 0 Å². The molecule has 0 aliphatic carbocycles. The summed E-state index contributed by atoms with van der Waals surface area (Å²) in [5, 5.41) is 0.458. The van der Waals surface area contributed by atoms with Crippen LogP contribution in [0.3, 0.4) is 0 Å². The molecular weight excluding hydrogens is 262 g/mol. The minimum absolute atomic E-state index is 0.458. The topological polar surface area (TPSA) is 47.9 Å². The van der Waals surface area contributed by atoms with E-state index in [0.717, 1.165) is 22.2 Å². The van der Waals surface area contributed by atoms with Gasteiger partial charge < -0.3 is 4.74 Å². The average Bonchev–Trinajstić information content (AvgIpc) is 2.46. The standard InChI is InChI=1S/C14H10ClN3O/c1-19-14-5-2-9(7-17-14)10-6-12-11(16-8-10)3-4-13(15)18-12/h2-8H,1H3. The van der Waals surface area contributed by atoms with E-state index in [9.17, 15) is 0 Å².